The summed E-state index contributed by atoms with van der Waals surface area (Å²) in [7, 11) is 1.73. The molecule has 1 aliphatic heterocycles. The highest BCUT2D eigenvalue weighted by Gasteiger charge is 2.27. The third-order valence-corrected chi connectivity index (χ3v) is 5.86. The van der Waals surface area contributed by atoms with Gasteiger partial charge in [0.15, 0.2) is 0 Å². The van der Waals surface area contributed by atoms with Gasteiger partial charge in [0.1, 0.15) is 5.82 Å². The molecule has 26 heavy (non-hydrogen) atoms. The molecule has 0 atom stereocenters. The summed E-state index contributed by atoms with van der Waals surface area (Å²) in [6.45, 7) is 5.04. The second-order valence-electron chi connectivity index (χ2n) is 6.83. The van der Waals surface area contributed by atoms with E-state index in [4.69, 9.17) is 0 Å². The summed E-state index contributed by atoms with van der Waals surface area (Å²) < 4.78 is 3.22. The maximum Gasteiger partial charge on any atom is 0.350 e. The third kappa shape index (κ3) is 3.37. The lowest BCUT2D eigenvalue weighted by Crippen LogP contribution is -2.33. The minimum Gasteiger partial charge on any atom is -0.298 e. The highest BCUT2D eigenvalue weighted by atomic mass is 32.1. The molecule has 0 N–H and O–H groups in total. The van der Waals surface area contributed by atoms with Crippen molar-refractivity contribution in [2.75, 3.05) is 13.1 Å². The molecule has 0 spiro atoms. The van der Waals surface area contributed by atoms with Crippen molar-refractivity contribution in [3.8, 4) is 5.69 Å². The lowest BCUT2D eigenvalue weighted by atomic mass is 9.95. The van der Waals surface area contributed by atoms with Crippen LogP contribution < -0.4 is 5.69 Å². The van der Waals surface area contributed by atoms with Crippen molar-refractivity contribution in [2.24, 2.45) is 7.05 Å². The largest absolute Gasteiger partial charge is 0.350 e. The van der Waals surface area contributed by atoms with Gasteiger partial charge in [-0.05, 0) is 45.0 Å². The lowest BCUT2D eigenvalue weighted by molar-refractivity contribution is 0.202. The molecular formula is C19H23N5OS. The van der Waals surface area contributed by atoms with Crippen molar-refractivity contribution in [1.29, 1.82) is 0 Å². The van der Waals surface area contributed by atoms with Crippen molar-refractivity contribution in [3.05, 3.63) is 62.7 Å². The Bertz CT molecular complexity index is 934. The number of likely N-dealkylation sites (tertiary alicyclic amines) is 1. The quantitative estimate of drug-likeness (QED) is 0.710. The number of thiazole rings is 1. The number of para-hydroxylation sites is 1. The van der Waals surface area contributed by atoms with E-state index in [0.717, 1.165) is 49.0 Å². The summed E-state index contributed by atoms with van der Waals surface area (Å²) >= 11 is 1.77. The molecule has 1 aromatic carbocycles. The molecule has 0 aliphatic carbocycles. The van der Waals surface area contributed by atoms with E-state index in [1.807, 2.05) is 43.5 Å². The predicted molar refractivity (Wildman–Crippen MR) is 103 cm³/mol. The van der Waals surface area contributed by atoms with Gasteiger partial charge in [-0.15, -0.1) is 11.3 Å². The maximum absolute atomic E-state index is 12.6. The summed E-state index contributed by atoms with van der Waals surface area (Å²) in [5.41, 5.74) is 0.817. The molecule has 4 rings (SSSR count). The predicted octanol–water partition coefficient (Wildman–Crippen LogP) is 2.72. The molecule has 0 saturated carbocycles. The fraction of sp³-hybridized carbons (Fsp3) is 0.421. The molecule has 1 aliphatic rings. The Morgan fingerprint density at radius 3 is 2.58 bits per heavy atom. The molecule has 1 saturated heterocycles. The first-order valence-corrected chi connectivity index (χ1v) is 9.78. The highest BCUT2D eigenvalue weighted by molar-refractivity contribution is 7.11. The van der Waals surface area contributed by atoms with Crippen molar-refractivity contribution in [2.45, 2.75) is 32.2 Å². The van der Waals surface area contributed by atoms with Gasteiger partial charge in [-0.1, -0.05) is 18.2 Å². The molecule has 2 aromatic heterocycles. The Kier molecular flexibility index (Phi) is 4.74. The summed E-state index contributed by atoms with van der Waals surface area (Å²) in [5, 5.41) is 5.68. The van der Waals surface area contributed by atoms with Crippen LogP contribution in [0.2, 0.25) is 0 Å². The molecular weight excluding hydrogens is 346 g/mol. The van der Waals surface area contributed by atoms with Crippen molar-refractivity contribution >= 4 is 11.3 Å². The van der Waals surface area contributed by atoms with E-state index >= 15 is 0 Å². The summed E-state index contributed by atoms with van der Waals surface area (Å²) in [6.07, 6.45) is 4.01. The Morgan fingerprint density at radius 2 is 1.92 bits per heavy atom. The van der Waals surface area contributed by atoms with E-state index in [1.54, 1.807) is 23.0 Å². The monoisotopic (exact) mass is 369 g/mol. The van der Waals surface area contributed by atoms with Crippen molar-refractivity contribution < 1.29 is 0 Å². The zero-order valence-electron chi connectivity index (χ0n) is 15.1. The van der Waals surface area contributed by atoms with Gasteiger partial charge in [0.2, 0.25) is 0 Å². The molecule has 7 heteroatoms. The first-order valence-electron chi connectivity index (χ1n) is 8.97. The molecule has 3 heterocycles. The lowest BCUT2D eigenvalue weighted by Gasteiger charge is -2.31. The number of piperidine rings is 1. The minimum atomic E-state index is -0.0752. The number of rotatable bonds is 4. The molecule has 136 valence electrons. The van der Waals surface area contributed by atoms with E-state index in [9.17, 15) is 4.79 Å². The van der Waals surface area contributed by atoms with E-state index in [1.165, 1.54) is 9.56 Å². The van der Waals surface area contributed by atoms with Crippen LogP contribution in [0.5, 0.6) is 0 Å². The van der Waals surface area contributed by atoms with E-state index in [-0.39, 0.29) is 5.69 Å². The molecule has 0 radical (unpaired) electrons. The molecule has 0 amide bonds. The van der Waals surface area contributed by atoms with Crippen LogP contribution in [0.15, 0.2) is 41.3 Å². The van der Waals surface area contributed by atoms with Gasteiger partial charge in [0, 0.05) is 30.6 Å². The zero-order chi connectivity index (χ0) is 18.1. The third-order valence-electron chi connectivity index (χ3n) is 4.97. The standard InChI is InChI=1S/C19H23N5OS/c1-14-20-12-17(26-14)13-23-10-8-15(9-11-23)18-21-22(2)19(25)24(18)16-6-4-3-5-7-16/h3-7,12,15H,8-11,13H2,1-2H3. The Balaban J connectivity index is 1.51. The molecule has 0 unspecified atom stereocenters. The van der Waals surface area contributed by atoms with Crippen LogP contribution in [-0.2, 0) is 13.6 Å². The molecule has 1 fully saturated rings. The van der Waals surface area contributed by atoms with E-state index in [0.29, 0.717) is 5.92 Å². The number of nitrogens with zero attached hydrogens (tertiary/aromatic N) is 5. The van der Waals surface area contributed by atoms with Gasteiger partial charge in [-0.3, -0.25) is 4.90 Å². The van der Waals surface area contributed by atoms with Crippen LogP contribution in [0.1, 0.15) is 34.5 Å². The summed E-state index contributed by atoms with van der Waals surface area (Å²) in [4.78, 5) is 20.7. The fourth-order valence-corrected chi connectivity index (χ4v) is 4.45. The van der Waals surface area contributed by atoms with Crippen molar-refractivity contribution in [3.63, 3.8) is 0 Å². The van der Waals surface area contributed by atoms with Gasteiger partial charge in [-0.2, -0.15) is 5.10 Å². The van der Waals surface area contributed by atoms with Crippen LogP contribution in [-0.4, -0.2) is 37.3 Å². The number of aromatic nitrogens is 4. The topological polar surface area (TPSA) is 56.0 Å². The fourth-order valence-electron chi connectivity index (χ4n) is 3.62. The number of hydrogen-bond acceptors (Lipinski definition) is 5. The SMILES string of the molecule is Cc1ncc(CN2CCC(c3nn(C)c(=O)n3-c3ccccc3)CC2)s1. The van der Waals surface area contributed by atoms with Crippen LogP contribution in [0.3, 0.4) is 0 Å². The van der Waals surface area contributed by atoms with E-state index < -0.39 is 0 Å². The first-order chi connectivity index (χ1) is 12.6. The normalized spacial score (nSPS) is 16.2. The maximum atomic E-state index is 12.6. The van der Waals surface area contributed by atoms with Crippen LogP contribution >= 0.6 is 11.3 Å². The van der Waals surface area contributed by atoms with Gasteiger partial charge in [0.25, 0.3) is 0 Å². The van der Waals surface area contributed by atoms with Crippen molar-refractivity contribution in [1.82, 2.24) is 24.2 Å². The van der Waals surface area contributed by atoms with Gasteiger partial charge < -0.3 is 0 Å². The van der Waals surface area contributed by atoms with Crippen LogP contribution in [0.25, 0.3) is 5.69 Å². The second-order valence-corrected chi connectivity index (χ2v) is 8.15. The average molecular weight is 369 g/mol. The number of aryl methyl sites for hydroxylation is 2. The van der Waals surface area contributed by atoms with Gasteiger partial charge >= 0.3 is 5.69 Å². The zero-order valence-corrected chi connectivity index (χ0v) is 15.9. The first kappa shape index (κ1) is 17.2. The summed E-state index contributed by atoms with van der Waals surface area (Å²) in [5.74, 6) is 1.19. The van der Waals surface area contributed by atoms with Gasteiger partial charge in [-0.25, -0.2) is 19.0 Å². The van der Waals surface area contributed by atoms with Gasteiger partial charge in [0.05, 0.1) is 10.7 Å². The minimum absolute atomic E-state index is 0.0752. The van der Waals surface area contributed by atoms with Crippen LogP contribution in [0.4, 0.5) is 0 Å². The second kappa shape index (κ2) is 7.17. The molecule has 6 nitrogen and oxygen atoms in total. The Hall–Kier alpha value is -2.25. The summed E-state index contributed by atoms with van der Waals surface area (Å²) in [6, 6.07) is 9.81. The number of benzene rings is 1. The average Bonchev–Trinajstić information content (AvgIpc) is 3.19. The van der Waals surface area contributed by atoms with E-state index in [2.05, 4.69) is 15.0 Å². The smallest absolute Gasteiger partial charge is 0.298 e. The highest BCUT2D eigenvalue weighted by Crippen LogP contribution is 2.28. The molecule has 0 bridgehead atoms. The molecule has 3 aromatic rings. The van der Waals surface area contributed by atoms with Crippen LogP contribution in [0, 0.1) is 6.92 Å². The Labute approximate surface area is 156 Å². The number of hydrogen-bond donors (Lipinski definition) is 0. The Morgan fingerprint density at radius 1 is 1.19 bits per heavy atom.